The monoisotopic (exact) mass is 284 g/mol. The molecule has 21 heavy (non-hydrogen) atoms. The molecule has 0 spiro atoms. The van der Waals surface area contributed by atoms with E-state index in [1.54, 1.807) is 5.57 Å². The summed E-state index contributed by atoms with van der Waals surface area (Å²) in [7, 11) is 0. The van der Waals surface area contributed by atoms with Crippen molar-refractivity contribution >= 4 is 5.78 Å². The average molecular weight is 284 g/mol. The van der Waals surface area contributed by atoms with Crippen LogP contribution in [0, 0.1) is 34.5 Å². The van der Waals surface area contributed by atoms with E-state index in [-0.39, 0.29) is 5.41 Å². The molecule has 0 aromatic heterocycles. The molecule has 4 aliphatic carbocycles. The van der Waals surface area contributed by atoms with Crippen LogP contribution in [0.25, 0.3) is 0 Å². The van der Waals surface area contributed by atoms with Crippen LogP contribution in [-0.2, 0) is 4.79 Å². The summed E-state index contributed by atoms with van der Waals surface area (Å²) in [5.74, 6) is 3.33. The van der Waals surface area contributed by atoms with Gasteiger partial charge < -0.3 is 0 Å². The zero-order valence-electron chi connectivity index (χ0n) is 13.7. The minimum Gasteiger partial charge on any atom is -0.299 e. The number of carbonyl (C=O) groups is 1. The maximum absolute atomic E-state index is 12.4. The molecule has 2 fully saturated rings. The second kappa shape index (κ2) is 4.33. The fraction of sp³-hybridized carbons (Fsp3) is 0.750. The first-order valence-electron chi connectivity index (χ1n) is 8.88. The van der Waals surface area contributed by atoms with Crippen LogP contribution < -0.4 is 0 Å². The van der Waals surface area contributed by atoms with E-state index in [0.29, 0.717) is 23.0 Å². The number of rotatable bonds is 0. The molecule has 0 heterocycles. The Kier molecular flexibility index (Phi) is 2.85. The van der Waals surface area contributed by atoms with Crippen LogP contribution in [0.1, 0.15) is 59.3 Å². The van der Waals surface area contributed by atoms with Gasteiger partial charge in [-0.15, -0.1) is 0 Å². The van der Waals surface area contributed by atoms with Crippen LogP contribution in [0.15, 0.2) is 23.8 Å². The first-order chi connectivity index (χ1) is 9.95. The number of ketones is 1. The topological polar surface area (TPSA) is 17.1 Å². The van der Waals surface area contributed by atoms with E-state index in [1.807, 2.05) is 0 Å². The molecule has 0 aromatic carbocycles. The highest BCUT2D eigenvalue weighted by atomic mass is 16.1. The van der Waals surface area contributed by atoms with E-state index in [4.69, 9.17) is 0 Å². The molecule has 0 radical (unpaired) electrons. The highest BCUT2D eigenvalue weighted by Crippen LogP contribution is 2.62. The molecule has 4 unspecified atom stereocenters. The molecule has 0 aliphatic heterocycles. The lowest BCUT2D eigenvalue weighted by Gasteiger charge is -2.54. The van der Waals surface area contributed by atoms with Gasteiger partial charge in [0.15, 0.2) is 0 Å². The van der Waals surface area contributed by atoms with Crippen molar-refractivity contribution in [1.29, 1.82) is 0 Å². The Morgan fingerprint density at radius 3 is 2.81 bits per heavy atom. The molecule has 4 aliphatic rings. The zero-order chi connectivity index (χ0) is 14.8. The SMILES string of the molecule is CC1C=C[C@@]2(C)C(CC=C3C2CC[C@]2(C)C(=O)CCC32)C1. The van der Waals surface area contributed by atoms with Gasteiger partial charge in [-0.1, -0.05) is 44.6 Å². The lowest BCUT2D eigenvalue weighted by Crippen LogP contribution is -2.47. The molecule has 0 amide bonds. The number of allylic oxidation sites excluding steroid dienone is 4. The molecular formula is C20H28O. The summed E-state index contributed by atoms with van der Waals surface area (Å²) in [6, 6.07) is 0. The lowest BCUT2D eigenvalue weighted by atomic mass is 9.50. The Labute approximate surface area is 128 Å². The summed E-state index contributed by atoms with van der Waals surface area (Å²) in [5, 5.41) is 0. The van der Waals surface area contributed by atoms with Gasteiger partial charge in [0, 0.05) is 11.8 Å². The van der Waals surface area contributed by atoms with Gasteiger partial charge in [-0.05, 0) is 61.2 Å². The molecule has 4 rings (SSSR count). The van der Waals surface area contributed by atoms with Crippen molar-refractivity contribution in [2.45, 2.75) is 59.3 Å². The van der Waals surface area contributed by atoms with Crippen LogP contribution in [0.5, 0.6) is 0 Å². The molecule has 1 nitrogen and oxygen atoms in total. The van der Waals surface area contributed by atoms with E-state index >= 15 is 0 Å². The Hall–Kier alpha value is -0.850. The summed E-state index contributed by atoms with van der Waals surface area (Å²) in [4.78, 5) is 12.4. The van der Waals surface area contributed by atoms with Gasteiger partial charge >= 0.3 is 0 Å². The minimum absolute atomic E-state index is 0.0306. The van der Waals surface area contributed by atoms with Crippen molar-refractivity contribution in [2.75, 3.05) is 0 Å². The first kappa shape index (κ1) is 13.8. The fourth-order valence-corrected chi connectivity index (χ4v) is 6.05. The molecule has 2 saturated carbocycles. The lowest BCUT2D eigenvalue weighted by molar-refractivity contribution is -0.127. The van der Waals surface area contributed by atoms with Crippen LogP contribution in [0.3, 0.4) is 0 Å². The highest BCUT2D eigenvalue weighted by Gasteiger charge is 2.56. The number of fused-ring (bicyclic) bond motifs is 5. The zero-order valence-corrected chi connectivity index (χ0v) is 13.7. The van der Waals surface area contributed by atoms with E-state index in [2.05, 4.69) is 39.0 Å². The third-order valence-electron chi connectivity index (χ3n) is 7.53. The Morgan fingerprint density at radius 2 is 2.00 bits per heavy atom. The van der Waals surface area contributed by atoms with E-state index < -0.39 is 0 Å². The molecule has 114 valence electrons. The van der Waals surface area contributed by atoms with Crippen LogP contribution in [0.4, 0.5) is 0 Å². The molecule has 6 atom stereocenters. The van der Waals surface area contributed by atoms with Gasteiger partial charge in [0.1, 0.15) is 5.78 Å². The van der Waals surface area contributed by atoms with Crippen molar-refractivity contribution < 1.29 is 4.79 Å². The van der Waals surface area contributed by atoms with E-state index in [1.165, 1.54) is 19.3 Å². The van der Waals surface area contributed by atoms with Crippen molar-refractivity contribution in [2.24, 2.45) is 34.5 Å². The average Bonchev–Trinajstić information content (AvgIpc) is 2.76. The fourth-order valence-electron chi connectivity index (χ4n) is 6.05. The molecule has 0 bridgehead atoms. The van der Waals surface area contributed by atoms with Gasteiger partial charge in [-0.3, -0.25) is 4.79 Å². The first-order valence-corrected chi connectivity index (χ1v) is 8.88. The van der Waals surface area contributed by atoms with E-state index in [9.17, 15) is 4.79 Å². The van der Waals surface area contributed by atoms with Crippen molar-refractivity contribution in [1.82, 2.24) is 0 Å². The molecule has 0 N–H and O–H groups in total. The molecule has 0 aromatic rings. The van der Waals surface area contributed by atoms with Crippen molar-refractivity contribution in [3.8, 4) is 0 Å². The molecular weight excluding hydrogens is 256 g/mol. The summed E-state index contributed by atoms with van der Waals surface area (Å²) in [5.41, 5.74) is 1.98. The maximum Gasteiger partial charge on any atom is 0.139 e. The quantitative estimate of drug-likeness (QED) is 0.576. The summed E-state index contributed by atoms with van der Waals surface area (Å²) >= 11 is 0. The van der Waals surface area contributed by atoms with Gasteiger partial charge in [0.05, 0.1) is 0 Å². The maximum atomic E-state index is 12.4. The van der Waals surface area contributed by atoms with Gasteiger partial charge in [-0.25, -0.2) is 0 Å². The highest BCUT2D eigenvalue weighted by molar-refractivity contribution is 5.87. The Balaban J connectivity index is 1.73. The van der Waals surface area contributed by atoms with Crippen LogP contribution in [0.2, 0.25) is 0 Å². The second-order valence-electron chi connectivity index (χ2n) is 8.60. The second-order valence-corrected chi connectivity index (χ2v) is 8.60. The van der Waals surface area contributed by atoms with Crippen molar-refractivity contribution in [3.05, 3.63) is 23.8 Å². The minimum atomic E-state index is -0.0306. The van der Waals surface area contributed by atoms with Crippen LogP contribution in [-0.4, -0.2) is 5.78 Å². The number of hydrogen-bond acceptors (Lipinski definition) is 1. The predicted octanol–water partition coefficient (Wildman–Crippen LogP) is 4.93. The Bertz CT molecular complexity index is 542. The summed E-state index contributed by atoms with van der Waals surface area (Å²) in [6.45, 7) is 7.09. The smallest absolute Gasteiger partial charge is 0.139 e. The third kappa shape index (κ3) is 1.72. The van der Waals surface area contributed by atoms with Gasteiger partial charge in [-0.2, -0.15) is 0 Å². The normalized spacial score (nSPS) is 52.0. The van der Waals surface area contributed by atoms with Gasteiger partial charge in [0.25, 0.3) is 0 Å². The number of Topliss-reactive ketones (excluding diaryl/α,β-unsaturated/α-hetero) is 1. The summed E-state index contributed by atoms with van der Waals surface area (Å²) < 4.78 is 0. The van der Waals surface area contributed by atoms with E-state index in [0.717, 1.165) is 31.1 Å². The summed E-state index contributed by atoms with van der Waals surface area (Å²) in [6.07, 6.45) is 14.4. The molecule has 0 saturated heterocycles. The predicted molar refractivity (Wildman–Crippen MR) is 85.8 cm³/mol. The van der Waals surface area contributed by atoms with Gasteiger partial charge in [0.2, 0.25) is 0 Å². The third-order valence-corrected chi connectivity index (χ3v) is 7.53. The largest absolute Gasteiger partial charge is 0.299 e. The van der Waals surface area contributed by atoms with Crippen LogP contribution >= 0.6 is 0 Å². The van der Waals surface area contributed by atoms with Crippen molar-refractivity contribution in [3.63, 3.8) is 0 Å². The number of hydrogen-bond donors (Lipinski definition) is 0. The standard InChI is InChI=1S/C20H28O/c1-13-8-10-19(2)14(12-13)4-5-15-16-6-7-18(21)20(16,3)11-9-17(15)19/h5,8,10,13-14,16-17H,4,6-7,9,11-12H2,1-3H3/t13?,14?,16?,17?,19-,20-/m0/s1. The number of carbonyl (C=O) groups excluding carboxylic acids is 1. The Morgan fingerprint density at radius 1 is 1.19 bits per heavy atom. The molecule has 1 heteroatoms.